The van der Waals surface area contributed by atoms with E-state index in [1.165, 1.54) is 0 Å². The molecule has 0 saturated carbocycles. The summed E-state index contributed by atoms with van der Waals surface area (Å²) in [5.74, 6) is -0.0514. The quantitative estimate of drug-likeness (QED) is 0.819. The lowest BCUT2D eigenvalue weighted by Gasteiger charge is -2.09. The highest BCUT2D eigenvalue weighted by atomic mass is 79.9. The van der Waals surface area contributed by atoms with Crippen LogP contribution in [0.1, 0.15) is 22.8 Å². The predicted octanol–water partition coefficient (Wildman–Crippen LogP) is 4.46. The molecule has 0 bridgehead atoms. The number of carbonyl (C=O) groups excluding carboxylic acids is 1. The molecule has 0 radical (unpaired) electrons. The van der Waals surface area contributed by atoms with Gasteiger partial charge in [0, 0.05) is 33.8 Å². The molecule has 2 rings (SSSR count). The molecule has 2 N–H and O–H groups in total. The van der Waals surface area contributed by atoms with Gasteiger partial charge in [-0.2, -0.15) is 0 Å². The third-order valence-electron chi connectivity index (χ3n) is 2.98. The lowest BCUT2D eigenvalue weighted by Crippen LogP contribution is -2.22. The smallest absolute Gasteiger partial charge is 0.251 e. The summed E-state index contributed by atoms with van der Waals surface area (Å²) >= 11 is 9.41. The average Bonchev–Trinajstić information content (AvgIpc) is 2.47. The molecule has 0 fully saturated rings. The Balaban J connectivity index is 1.99. The van der Waals surface area contributed by atoms with Gasteiger partial charge in [0.05, 0.1) is 0 Å². The minimum Gasteiger partial charge on any atom is -0.381 e. The van der Waals surface area contributed by atoms with Gasteiger partial charge >= 0.3 is 0 Å². The Morgan fingerprint density at radius 3 is 2.52 bits per heavy atom. The Bertz CT molecular complexity index is 629. The first kappa shape index (κ1) is 15.9. The third-order valence-corrected chi connectivity index (χ3v) is 3.96. The van der Waals surface area contributed by atoms with E-state index in [0.29, 0.717) is 23.7 Å². The van der Waals surface area contributed by atoms with E-state index in [1.54, 1.807) is 0 Å². The van der Waals surface area contributed by atoms with Crippen LogP contribution in [0.15, 0.2) is 46.9 Å². The lowest BCUT2D eigenvalue weighted by atomic mass is 10.2. The van der Waals surface area contributed by atoms with Crippen LogP contribution in [-0.2, 0) is 6.54 Å². The minimum absolute atomic E-state index is 0.0514. The van der Waals surface area contributed by atoms with Crippen molar-refractivity contribution in [2.45, 2.75) is 13.5 Å². The van der Waals surface area contributed by atoms with Crippen molar-refractivity contribution in [2.24, 2.45) is 0 Å². The summed E-state index contributed by atoms with van der Waals surface area (Å²) in [7, 11) is 0. The molecule has 0 atom stereocenters. The lowest BCUT2D eigenvalue weighted by molar-refractivity contribution is 0.0956. The molecule has 0 heterocycles. The number of anilines is 1. The second-order valence-corrected chi connectivity index (χ2v) is 5.82. The average molecular weight is 368 g/mol. The Hall–Kier alpha value is -1.52. The summed E-state index contributed by atoms with van der Waals surface area (Å²) in [6.45, 7) is 3.21. The second kappa shape index (κ2) is 7.48. The SMILES string of the molecule is CCNC(=O)c1ccc(NCc2ccc(Cl)cc2Br)cc1. The Morgan fingerprint density at radius 2 is 1.90 bits per heavy atom. The van der Waals surface area contributed by atoms with E-state index in [4.69, 9.17) is 11.6 Å². The van der Waals surface area contributed by atoms with Gasteiger partial charge in [-0.15, -0.1) is 0 Å². The van der Waals surface area contributed by atoms with E-state index >= 15 is 0 Å². The van der Waals surface area contributed by atoms with Crippen LogP contribution in [-0.4, -0.2) is 12.5 Å². The molecule has 110 valence electrons. The molecule has 3 nitrogen and oxygen atoms in total. The Labute approximate surface area is 137 Å². The molecule has 2 aromatic carbocycles. The highest BCUT2D eigenvalue weighted by Crippen LogP contribution is 2.22. The fourth-order valence-corrected chi connectivity index (χ4v) is 2.69. The zero-order valence-corrected chi connectivity index (χ0v) is 14.0. The molecule has 0 saturated heterocycles. The number of nitrogens with one attached hydrogen (secondary N) is 2. The van der Waals surface area contributed by atoms with Crippen molar-refractivity contribution in [2.75, 3.05) is 11.9 Å². The first-order valence-electron chi connectivity index (χ1n) is 6.66. The zero-order valence-electron chi connectivity index (χ0n) is 11.6. The molecule has 1 amide bonds. The number of carbonyl (C=O) groups is 1. The standard InChI is InChI=1S/C16H16BrClN2O/c1-2-19-16(21)11-4-7-14(8-5-11)20-10-12-3-6-13(18)9-15(12)17/h3-9,20H,2,10H2,1H3,(H,19,21). The van der Waals surface area contributed by atoms with Crippen LogP contribution >= 0.6 is 27.5 Å². The minimum atomic E-state index is -0.0514. The van der Waals surface area contributed by atoms with E-state index in [9.17, 15) is 4.79 Å². The third kappa shape index (κ3) is 4.48. The zero-order chi connectivity index (χ0) is 15.2. The van der Waals surface area contributed by atoms with Crippen LogP contribution in [0.2, 0.25) is 5.02 Å². The van der Waals surface area contributed by atoms with Crippen molar-refractivity contribution in [1.29, 1.82) is 0 Å². The van der Waals surface area contributed by atoms with E-state index in [0.717, 1.165) is 15.7 Å². The number of halogens is 2. The summed E-state index contributed by atoms with van der Waals surface area (Å²) in [6, 6.07) is 13.1. The van der Waals surface area contributed by atoms with Crippen LogP contribution in [0.5, 0.6) is 0 Å². The molecule has 2 aromatic rings. The predicted molar refractivity (Wildman–Crippen MR) is 90.9 cm³/mol. The fraction of sp³-hybridized carbons (Fsp3) is 0.188. The molecular formula is C16H16BrClN2O. The van der Waals surface area contributed by atoms with Crippen molar-refractivity contribution in [3.05, 3.63) is 63.1 Å². The molecular weight excluding hydrogens is 352 g/mol. The van der Waals surface area contributed by atoms with Gasteiger partial charge < -0.3 is 10.6 Å². The maximum Gasteiger partial charge on any atom is 0.251 e. The first-order valence-corrected chi connectivity index (χ1v) is 7.83. The van der Waals surface area contributed by atoms with Crippen molar-refractivity contribution < 1.29 is 4.79 Å². The van der Waals surface area contributed by atoms with Crippen LogP contribution in [0, 0.1) is 0 Å². The van der Waals surface area contributed by atoms with Gasteiger partial charge in [0.1, 0.15) is 0 Å². The molecule has 0 unspecified atom stereocenters. The maximum atomic E-state index is 11.7. The van der Waals surface area contributed by atoms with E-state index in [1.807, 2.05) is 49.4 Å². The van der Waals surface area contributed by atoms with Crippen molar-refractivity contribution >= 4 is 39.1 Å². The van der Waals surface area contributed by atoms with Crippen LogP contribution in [0.25, 0.3) is 0 Å². The van der Waals surface area contributed by atoms with E-state index in [2.05, 4.69) is 26.6 Å². The van der Waals surface area contributed by atoms with Crippen molar-refractivity contribution in [3.8, 4) is 0 Å². The fourth-order valence-electron chi connectivity index (χ4n) is 1.86. The number of benzene rings is 2. The van der Waals surface area contributed by atoms with Gasteiger partial charge in [-0.3, -0.25) is 4.79 Å². The molecule has 0 aliphatic carbocycles. The van der Waals surface area contributed by atoms with Crippen LogP contribution in [0.4, 0.5) is 5.69 Å². The molecule has 0 aliphatic heterocycles. The summed E-state index contributed by atoms with van der Waals surface area (Å²) < 4.78 is 0.974. The van der Waals surface area contributed by atoms with Crippen LogP contribution in [0.3, 0.4) is 0 Å². The topological polar surface area (TPSA) is 41.1 Å². The summed E-state index contributed by atoms with van der Waals surface area (Å²) in [5, 5.41) is 6.79. The molecule has 0 aliphatic rings. The van der Waals surface area contributed by atoms with Gasteiger partial charge in [-0.05, 0) is 48.9 Å². The van der Waals surface area contributed by atoms with E-state index in [-0.39, 0.29) is 5.91 Å². The number of hydrogen-bond acceptors (Lipinski definition) is 2. The van der Waals surface area contributed by atoms with Gasteiger partial charge in [-0.1, -0.05) is 33.6 Å². The van der Waals surface area contributed by atoms with Crippen LogP contribution < -0.4 is 10.6 Å². The van der Waals surface area contributed by atoms with Gasteiger partial charge in [0.2, 0.25) is 0 Å². The summed E-state index contributed by atoms with van der Waals surface area (Å²) in [4.78, 5) is 11.7. The Kier molecular flexibility index (Phi) is 5.65. The number of rotatable bonds is 5. The first-order chi connectivity index (χ1) is 10.1. The van der Waals surface area contributed by atoms with Gasteiger partial charge in [0.15, 0.2) is 0 Å². The van der Waals surface area contributed by atoms with Crippen molar-refractivity contribution in [1.82, 2.24) is 5.32 Å². The molecule has 0 aromatic heterocycles. The molecule has 0 spiro atoms. The summed E-state index contributed by atoms with van der Waals surface area (Å²) in [6.07, 6.45) is 0. The summed E-state index contributed by atoms with van der Waals surface area (Å²) in [5.41, 5.74) is 2.74. The number of amides is 1. The Morgan fingerprint density at radius 1 is 1.19 bits per heavy atom. The highest BCUT2D eigenvalue weighted by Gasteiger charge is 2.04. The second-order valence-electron chi connectivity index (χ2n) is 4.53. The van der Waals surface area contributed by atoms with Gasteiger partial charge in [-0.25, -0.2) is 0 Å². The van der Waals surface area contributed by atoms with E-state index < -0.39 is 0 Å². The monoisotopic (exact) mass is 366 g/mol. The van der Waals surface area contributed by atoms with Crippen molar-refractivity contribution in [3.63, 3.8) is 0 Å². The van der Waals surface area contributed by atoms with Gasteiger partial charge in [0.25, 0.3) is 5.91 Å². The maximum absolute atomic E-state index is 11.7. The molecule has 21 heavy (non-hydrogen) atoms. The normalized spacial score (nSPS) is 10.2. The molecule has 5 heteroatoms. The number of hydrogen-bond donors (Lipinski definition) is 2. The highest BCUT2D eigenvalue weighted by molar-refractivity contribution is 9.10. The largest absolute Gasteiger partial charge is 0.381 e.